The van der Waals surface area contributed by atoms with Crippen LogP contribution in [0.25, 0.3) is 0 Å². The zero-order valence-corrected chi connectivity index (χ0v) is 7.92. The second kappa shape index (κ2) is 3.18. The number of benzene rings is 1. The van der Waals surface area contributed by atoms with Crippen LogP contribution in [-0.2, 0) is 5.41 Å². The molecule has 0 N–H and O–H groups in total. The molecule has 0 spiro atoms. The van der Waals surface area contributed by atoms with E-state index in [4.69, 9.17) is 4.74 Å². The average Bonchev–Trinajstić information content (AvgIpc) is 2.03. The molecule has 0 saturated heterocycles. The number of ether oxygens (including phenoxy) is 1. The van der Waals surface area contributed by atoms with E-state index in [0.717, 1.165) is 5.75 Å². The molecule has 0 fully saturated rings. The minimum absolute atomic E-state index is 0.208. The maximum Gasteiger partial charge on any atom is 0.122 e. The van der Waals surface area contributed by atoms with Crippen LogP contribution in [0.2, 0.25) is 0 Å². The van der Waals surface area contributed by atoms with Gasteiger partial charge in [0.2, 0.25) is 0 Å². The van der Waals surface area contributed by atoms with Gasteiger partial charge in [-0.15, -0.1) is 0 Å². The molecule has 0 saturated carbocycles. The lowest BCUT2D eigenvalue weighted by atomic mass is 9.87. The van der Waals surface area contributed by atoms with Crippen molar-refractivity contribution in [3.63, 3.8) is 0 Å². The standard InChI is InChI=1S/C11H15O/c1-11(2,3)9-5-7-10(12-4)8-6-9/h5-8H,4H2,1-3H3. The second-order valence-corrected chi connectivity index (χ2v) is 3.92. The molecule has 0 heterocycles. The van der Waals surface area contributed by atoms with Gasteiger partial charge in [-0.2, -0.15) is 0 Å². The van der Waals surface area contributed by atoms with Crippen molar-refractivity contribution in [2.45, 2.75) is 26.2 Å². The monoisotopic (exact) mass is 163 g/mol. The molecule has 1 heteroatoms. The SMILES string of the molecule is [CH2]Oc1ccc(C(C)(C)C)cc1. The van der Waals surface area contributed by atoms with Crippen LogP contribution in [0.5, 0.6) is 5.75 Å². The Morgan fingerprint density at radius 3 is 1.92 bits per heavy atom. The summed E-state index contributed by atoms with van der Waals surface area (Å²) in [5.74, 6) is 0.808. The predicted molar refractivity (Wildman–Crippen MR) is 51.1 cm³/mol. The van der Waals surface area contributed by atoms with Crippen molar-refractivity contribution in [1.82, 2.24) is 0 Å². The van der Waals surface area contributed by atoms with Crippen LogP contribution in [0.1, 0.15) is 26.3 Å². The first kappa shape index (κ1) is 9.11. The van der Waals surface area contributed by atoms with E-state index >= 15 is 0 Å². The van der Waals surface area contributed by atoms with Crippen molar-refractivity contribution >= 4 is 0 Å². The third-order valence-electron chi connectivity index (χ3n) is 1.89. The molecule has 0 aliphatic carbocycles. The Hall–Kier alpha value is -0.980. The van der Waals surface area contributed by atoms with Crippen LogP contribution in [0.15, 0.2) is 24.3 Å². The van der Waals surface area contributed by atoms with Gasteiger partial charge in [0, 0.05) is 0 Å². The number of hydrogen-bond acceptors (Lipinski definition) is 1. The van der Waals surface area contributed by atoms with E-state index in [2.05, 4.69) is 40.0 Å². The van der Waals surface area contributed by atoms with Crippen LogP contribution in [0, 0.1) is 7.11 Å². The van der Waals surface area contributed by atoms with Gasteiger partial charge in [0.25, 0.3) is 0 Å². The van der Waals surface area contributed by atoms with Crippen LogP contribution in [-0.4, -0.2) is 0 Å². The maximum atomic E-state index is 4.83. The zero-order valence-electron chi connectivity index (χ0n) is 7.92. The van der Waals surface area contributed by atoms with Gasteiger partial charge in [-0.05, 0) is 23.1 Å². The first-order valence-corrected chi connectivity index (χ1v) is 4.06. The highest BCUT2D eigenvalue weighted by atomic mass is 16.5. The second-order valence-electron chi connectivity index (χ2n) is 3.92. The summed E-state index contributed by atoms with van der Waals surface area (Å²) in [5.41, 5.74) is 1.52. The van der Waals surface area contributed by atoms with Gasteiger partial charge < -0.3 is 4.74 Å². The van der Waals surface area contributed by atoms with Gasteiger partial charge in [0.05, 0.1) is 0 Å². The lowest BCUT2D eigenvalue weighted by Gasteiger charge is -2.18. The molecule has 0 atom stereocenters. The third-order valence-corrected chi connectivity index (χ3v) is 1.89. The molecule has 1 aromatic rings. The Morgan fingerprint density at radius 1 is 1.08 bits per heavy atom. The summed E-state index contributed by atoms with van der Waals surface area (Å²) in [6.07, 6.45) is 0. The van der Waals surface area contributed by atoms with Gasteiger partial charge in [-0.1, -0.05) is 32.9 Å². The van der Waals surface area contributed by atoms with E-state index in [-0.39, 0.29) is 5.41 Å². The Kier molecular flexibility index (Phi) is 2.41. The van der Waals surface area contributed by atoms with E-state index in [0.29, 0.717) is 0 Å². The summed E-state index contributed by atoms with van der Waals surface area (Å²) < 4.78 is 4.83. The molecule has 0 aliphatic rings. The minimum Gasteiger partial charge on any atom is -0.490 e. The fourth-order valence-corrected chi connectivity index (χ4v) is 1.05. The van der Waals surface area contributed by atoms with Crippen LogP contribution in [0.4, 0.5) is 0 Å². The molecule has 0 bridgehead atoms. The lowest BCUT2D eigenvalue weighted by Crippen LogP contribution is -2.10. The average molecular weight is 163 g/mol. The quantitative estimate of drug-likeness (QED) is 0.618. The molecule has 0 aromatic heterocycles. The molecule has 0 aliphatic heterocycles. The molecule has 1 aromatic carbocycles. The Labute approximate surface area is 74.4 Å². The summed E-state index contributed by atoms with van der Waals surface area (Å²) in [7, 11) is 3.35. The smallest absolute Gasteiger partial charge is 0.122 e. The summed E-state index contributed by atoms with van der Waals surface area (Å²) >= 11 is 0. The molecule has 0 unspecified atom stereocenters. The van der Waals surface area contributed by atoms with E-state index in [1.54, 1.807) is 0 Å². The van der Waals surface area contributed by atoms with Crippen LogP contribution < -0.4 is 4.74 Å². The van der Waals surface area contributed by atoms with Gasteiger partial charge in [-0.25, -0.2) is 0 Å². The first-order valence-electron chi connectivity index (χ1n) is 4.06. The van der Waals surface area contributed by atoms with Crippen molar-refractivity contribution in [3.8, 4) is 5.75 Å². The van der Waals surface area contributed by atoms with Crippen molar-refractivity contribution < 1.29 is 4.74 Å². The predicted octanol–water partition coefficient (Wildman–Crippen LogP) is 3.15. The molecule has 1 nitrogen and oxygen atoms in total. The van der Waals surface area contributed by atoms with Crippen LogP contribution >= 0.6 is 0 Å². The largest absolute Gasteiger partial charge is 0.490 e. The van der Waals surface area contributed by atoms with Crippen molar-refractivity contribution in [3.05, 3.63) is 36.9 Å². The number of rotatable bonds is 1. The molecule has 1 rings (SSSR count). The van der Waals surface area contributed by atoms with E-state index in [1.807, 2.05) is 12.1 Å². The normalized spacial score (nSPS) is 11.3. The molecule has 0 amide bonds. The zero-order chi connectivity index (χ0) is 9.19. The Morgan fingerprint density at radius 2 is 1.58 bits per heavy atom. The number of hydrogen-bond donors (Lipinski definition) is 0. The van der Waals surface area contributed by atoms with Gasteiger partial charge in [0.1, 0.15) is 12.9 Å². The highest BCUT2D eigenvalue weighted by Gasteiger charge is 2.12. The van der Waals surface area contributed by atoms with E-state index in [1.165, 1.54) is 5.56 Å². The minimum atomic E-state index is 0.208. The highest BCUT2D eigenvalue weighted by molar-refractivity contribution is 5.30. The summed E-state index contributed by atoms with van der Waals surface area (Å²) in [5, 5.41) is 0. The van der Waals surface area contributed by atoms with Crippen molar-refractivity contribution in [2.24, 2.45) is 0 Å². The summed E-state index contributed by atoms with van der Waals surface area (Å²) in [6.45, 7) is 6.56. The highest BCUT2D eigenvalue weighted by Crippen LogP contribution is 2.23. The molecular weight excluding hydrogens is 148 g/mol. The van der Waals surface area contributed by atoms with Crippen molar-refractivity contribution in [1.29, 1.82) is 0 Å². The van der Waals surface area contributed by atoms with Gasteiger partial charge in [0.15, 0.2) is 0 Å². The molecule has 1 radical (unpaired) electrons. The molecule has 65 valence electrons. The topological polar surface area (TPSA) is 9.23 Å². The maximum absolute atomic E-state index is 4.83. The molecule has 12 heavy (non-hydrogen) atoms. The summed E-state index contributed by atoms with van der Waals surface area (Å²) in [4.78, 5) is 0. The fraction of sp³-hybridized carbons (Fsp3) is 0.364. The fourth-order valence-electron chi connectivity index (χ4n) is 1.05. The van der Waals surface area contributed by atoms with E-state index < -0.39 is 0 Å². The van der Waals surface area contributed by atoms with Crippen molar-refractivity contribution in [2.75, 3.05) is 0 Å². The van der Waals surface area contributed by atoms with Crippen LogP contribution in [0.3, 0.4) is 0 Å². The Bertz CT molecular complexity index is 241. The third kappa shape index (κ3) is 2.00. The first-order chi connectivity index (χ1) is 5.54. The lowest BCUT2D eigenvalue weighted by molar-refractivity contribution is 0.472. The van der Waals surface area contributed by atoms with E-state index in [9.17, 15) is 0 Å². The van der Waals surface area contributed by atoms with Gasteiger partial charge >= 0.3 is 0 Å². The Balaban J connectivity index is 2.93. The molecular formula is C11H15O. The van der Waals surface area contributed by atoms with Gasteiger partial charge in [-0.3, -0.25) is 0 Å². The summed E-state index contributed by atoms with van der Waals surface area (Å²) in [6, 6.07) is 8.02.